The van der Waals surface area contributed by atoms with Gasteiger partial charge in [-0.2, -0.15) is 0 Å². The van der Waals surface area contributed by atoms with E-state index in [0.29, 0.717) is 5.92 Å². The van der Waals surface area contributed by atoms with Crippen LogP contribution in [0.2, 0.25) is 0 Å². The van der Waals surface area contributed by atoms with Gasteiger partial charge in [-0.1, -0.05) is 0 Å². The van der Waals surface area contributed by atoms with Crippen LogP contribution in [0.25, 0.3) is 0 Å². The lowest BCUT2D eigenvalue weighted by Gasteiger charge is -2.31. The maximum atomic E-state index is 5.99. The predicted octanol–water partition coefficient (Wildman–Crippen LogP) is 2.76. The van der Waals surface area contributed by atoms with E-state index in [-0.39, 0.29) is 6.10 Å². The molecule has 1 aliphatic heterocycles. The number of nitrogens with one attached hydrogen (secondary N) is 1. The van der Waals surface area contributed by atoms with Crippen LogP contribution in [0.5, 0.6) is 0 Å². The van der Waals surface area contributed by atoms with Crippen LogP contribution >= 0.6 is 11.3 Å². The summed E-state index contributed by atoms with van der Waals surface area (Å²) in [6.45, 7) is 5.77. The second-order valence-corrected chi connectivity index (χ2v) is 6.16. The molecule has 2 unspecified atom stereocenters. The third-order valence-corrected chi connectivity index (χ3v) is 4.44. The zero-order valence-electron chi connectivity index (χ0n) is 11.3. The fourth-order valence-electron chi connectivity index (χ4n) is 2.43. The van der Waals surface area contributed by atoms with E-state index in [1.165, 1.54) is 22.6 Å². The maximum Gasteiger partial charge on any atom is 0.0956 e. The summed E-state index contributed by atoms with van der Waals surface area (Å²) in [6.07, 6.45) is 2.71. The summed E-state index contributed by atoms with van der Waals surface area (Å²) in [5, 5.41) is 3.46. The molecule has 0 bridgehead atoms. The molecular formula is C14H23NO2S. The highest BCUT2D eigenvalue weighted by atomic mass is 32.1. The largest absolute Gasteiger partial charge is 0.383 e. The Morgan fingerprint density at radius 3 is 3.11 bits per heavy atom. The summed E-state index contributed by atoms with van der Waals surface area (Å²) < 4.78 is 11.0. The van der Waals surface area contributed by atoms with Crippen molar-refractivity contribution in [2.75, 3.05) is 33.4 Å². The summed E-state index contributed by atoms with van der Waals surface area (Å²) in [6, 6.07) is 4.41. The van der Waals surface area contributed by atoms with Gasteiger partial charge in [0.05, 0.1) is 12.7 Å². The zero-order chi connectivity index (χ0) is 12.8. The molecule has 1 fully saturated rings. The molecule has 2 atom stereocenters. The Morgan fingerprint density at radius 2 is 2.39 bits per heavy atom. The van der Waals surface area contributed by atoms with Gasteiger partial charge in [-0.05, 0) is 31.9 Å². The first-order chi connectivity index (χ1) is 8.81. The normalized spacial score (nSPS) is 24.3. The molecule has 0 aromatic carbocycles. The van der Waals surface area contributed by atoms with Crippen molar-refractivity contribution in [1.82, 2.24) is 5.32 Å². The fraction of sp³-hybridized carbons (Fsp3) is 0.714. The van der Waals surface area contributed by atoms with Gasteiger partial charge in [0, 0.05) is 42.5 Å². The molecule has 0 spiro atoms. The lowest BCUT2D eigenvalue weighted by molar-refractivity contribution is -0.0258. The highest BCUT2D eigenvalue weighted by molar-refractivity contribution is 7.12. The Bertz CT molecular complexity index is 353. The van der Waals surface area contributed by atoms with Gasteiger partial charge < -0.3 is 14.8 Å². The monoisotopic (exact) mass is 269 g/mol. The number of rotatable bonds is 6. The van der Waals surface area contributed by atoms with Gasteiger partial charge in [-0.25, -0.2) is 0 Å². The SMILES string of the molecule is COCCNCC1CCCOC1c1ccc(C)s1. The average molecular weight is 269 g/mol. The molecule has 0 radical (unpaired) electrons. The molecule has 1 aromatic heterocycles. The minimum atomic E-state index is 0.285. The van der Waals surface area contributed by atoms with Gasteiger partial charge in [0.2, 0.25) is 0 Å². The van der Waals surface area contributed by atoms with E-state index in [2.05, 4.69) is 24.4 Å². The zero-order valence-corrected chi connectivity index (χ0v) is 12.1. The Labute approximate surface area is 113 Å². The maximum absolute atomic E-state index is 5.99. The van der Waals surface area contributed by atoms with Crippen molar-refractivity contribution >= 4 is 11.3 Å². The fourth-order valence-corrected chi connectivity index (χ4v) is 3.46. The number of methoxy groups -OCH3 is 1. The second-order valence-electron chi connectivity index (χ2n) is 4.84. The summed E-state index contributed by atoms with van der Waals surface area (Å²) >= 11 is 1.86. The van der Waals surface area contributed by atoms with E-state index < -0.39 is 0 Å². The van der Waals surface area contributed by atoms with Crippen molar-refractivity contribution in [3.8, 4) is 0 Å². The molecule has 3 nitrogen and oxygen atoms in total. The van der Waals surface area contributed by atoms with Crippen LogP contribution in [0.4, 0.5) is 0 Å². The molecule has 2 rings (SSSR count). The molecule has 1 aliphatic rings. The third-order valence-electron chi connectivity index (χ3n) is 3.38. The summed E-state index contributed by atoms with van der Waals surface area (Å²) in [4.78, 5) is 2.75. The Hall–Kier alpha value is -0.420. The van der Waals surface area contributed by atoms with E-state index >= 15 is 0 Å². The highest BCUT2D eigenvalue weighted by Gasteiger charge is 2.28. The lowest BCUT2D eigenvalue weighted by atomic mass is 9.93. The van der Waals surface area contributed by atoms with Gasteiger partial charge in [0.1, 0.15) is 0 Å². The Morgan fingerprint density at radius 1 is 1.50 bits per heavy atom. The van der Waals surface area contributed by atoms with Gasteiger partial charge >= 0.3 is 0 Å². The van der Waals surface area contributed by atoms with Crippen LogP contribution in [0.1, 0.15) is 28.7 Å². The molecular weight excluding hydrogens is 246 g/mol. The van der Waals surface area contributed by atoms with E-state index in [1.807, 2.05) is 11.3 Å². The second kappa shape index (κ2) is 7.24. The third kappa shape index (κ3) is 3.79. The lowest BCUT2D eigenvalue weighted by Crippen LogP contribution is -2.33. The smallest absolute Gasteiger partial charge is 0.0956 e. The topological polar surface area (TPSA) is 30.5 Å². The first kappa shape index (κ1) is 14.0. The quantitative estimate of drug-likeness (QED) is 0.806. The van der Waals surface area contributed by atoms with Gasteiger partial charge in [-0.3, -0.25) is 0 Å². The van der Waals surface area contributed by atoms with Crippen LogP contribution in [-0.2, 0) is 9.47 Å². The number of hydrogen-bond donors (Lipinski definition) is 1. The van der Waals surface area contributed by atoms with Crippen LogP contribution in [-0.4, -0.2) is 33.4 Å². The van der Waals surface area contributed by atoms with Crippen molar-refractivity contribution in [2.45, 2.75) is 25.9 Å². The van der Waals surface area contributed by atoms with E-state index in [4.69, 9.17) is 9.47 Å². The Balaban J connectivity index is 1.89. The minimum absolute atomic E-state index is 0.285. The van der Waals surface area contributed by atoms with E-state index in [0.717, 1.165) is 26.3 Å². The number of aryl methyl sites for hydroxylation is 1. The molecule has 1 saturated heterocycles. The van der Waals surface area contributed by atoms with Gasteiger partial charge in [0.15, 0.2) is 0 Å². The van der Waals surface area contributed by atoms with Crippen LogP contribution in [0, 0.1) is 12.8 Å². The molecule has 0 saturated carbocycles. The number of ether oxygens (including phenoxy) is 2. The molecule has 0 amide bonds. The molecule has 1 aromatic rings. The minimum Gasteiger partial charge on any atom is -0.383 e. The van der Waals surface area contributed by atoms with Crippen molar-refractivity contribution < 1.29 is 9.47 Å². The molecule has 1 N–H and O–H groups in total. The molecule has 18 heavy (non-hydrogen) atoms. The number of thiophene rings is 1. The Kier molecular flexibility index (Phi) is 5.63. The van der Waals surface area contributed by atoms with Crippen LogP contribution < -0.4 is 5.32 Å². The summed E-state index contributed by atoms with van der Waals surface area (Å²) in [5.41, 5.74) is 0. The summed E-state index contributed by atoms with van der Waals surface area (Å²) in [5.74, 6) is 0.591. The van der Waals surface area contributed by atoms with E-state index in [1.54, 1.807) is 7.11 Å². The molecule has 2 heterocycles. The number of hydrogen-bond acceptors (Lipinski definition) is 4. The first-order valence-electron chi connectivity index (χ1n) is 6.69. The standard InChI is InChI=1S/C14H23NO2S/c1-11-5-6-13(18-11)14-12(4-3-8-17-14)10-15-7-9-16-2/h5-6,12,14-15H,3-4,7-10H2,1-2H3. The van der Waals surface area contributed by atoms with Gasteiger partial charge in [-0.15, -0.1) is 11.3 Å². The van der Waals surface area contributed by atoms with Crippen molar-refractivity contribution in [3.63, 3.8) is 0 Å². The van der Waals surface area contributed by atoms with Crippen LogP contribution in [0.15, 0.2) is 12.1 Å². The van der Waals surface area contributed by atoms with Crippen molar-refractivity contribution in [3.05, 3.63) is 21.9 Å². The van der Waals surface area contributed by atoms with E-state index in [9.17, 15) is 0 Å². The molecule has 102 valence electrons. The summed E-state index contributed by atoms with van der Waals surface area (Å²) in [7, 11) is 1.74. The molecule has 4 heteroatoms. The molecule has 0 aliphatic carbocycles. The first-order valence-corrected chi connectivity index (χ1v) is 7.50. The predicted molar refractivity (Wildman–Crippen MR) is 75.2 cm³/mol. The van der Waals surface area contributed by atoms with Crippen molar-refractivity contribution in [1.29, 1.82) is 0 Å². The van der Waals surface area contributed by atoms with Crippen LogP contribution in [0.3, 0.4) is 0 Å². The highest BCUT2D eigenvalue weighted by Crippen LogP contribution is 2.36. The van der Waals surface area contributed by atoms with Crippen molar-refractivity contribution in [2.24, 2.45) is 5.92 Å². The average Bonchev–Trinajstić information content (AvgIpc) is 2.82. The van der Waals surface area contributed by atoms with Gasteiger partial charge in [0.25, 0.3) is 0 Å².